The van der Waals surface area contributed by atoms with Gasteiger partial charge in [0, 0.05) is 33.3 Å². The van der Waals surface area contributed by atoms with Crippen LogP contribution in [-0.4, -0.2) is 0 Å². The van der Waals surface area contributed by atoms with Gasteiger partial charge in [0.25, 0.3) is 0 Å². The summed E-state index contributed by atoms with van der Waals surface area (Å²) >= 11 is 0. The Morgan fingerprint density at radius 2 is 0.854 bits per heavy atom. The largest absolute Gasteiger partial charge is 0.310 e. The SMILES string of the molecule is Cc1cc(C)cc(N(c2ccc(C(C)(C)C)cc2)c2cc3c4c(c2)C(C)(C)c2cc(C)cc5c2N4c2c(cccc2C3(C)C)C5(C)C)c1. The maximum atomic E-state index is 2.67. The van der Waals surface area contributed by atoms with E-state index in [-0.39, 0.29) is 21.7 Å². The maximum Gasteiger partial charge on any atom is 0.0545 e. The molecule has 244 valence electrons. The van der Waals surface area contributed by atoms with E-state index in [1.807, 2.05) is 0 Å². The summed E-state index contributed by atoms with van der Waals surface area (Å²) in [6.07, 6.45) is 0. The number of rotatable bonds is 3. The fraction of sp³-hybridized carbons (Fsp3) is 0.348. The van der Waals surface area contributed by atoms with Crippen LogP contribution in [0.5, 0.6) is 0 Å². The molecule has 0 saturated carbocycles. The van der Waals surface area contributed by atoms with Crippen molar-refractivity contribution in [1.82, 2.24) is 0 Å². The minimum atomic E-state index is -0.201. The van der Waals surface area contributed by atoms with E-state index in [9.17, 15) is 0 Å². The summed E-state index contributed by atoms with van der Waals surface area (Å²) in [7, 11) is 0. The van der Waals surface area contributed by atoms with E-state index in [1.54, 1.807) is 0 Å². The van der Waals surface area contributed by atoms with Gasteiger partial charge in [0.15, 0.2) is 0 Å². The molecule has 48 heavy (non-hydrogen) atoms. The summed E-state index contributed by atoms with van der Waals surface area (Å²) < 4.78 is 0. The van der Waals surface area contributed by atoms with Gasteiger partial charge in [-0.1, -0.05) is 116 Å². The predicted octanol–water partition coefficient (Wildman–Crippen LogP) is 12.8. The van der Waals surface area contributed by atoms with E-state index in [0.29, 0.717) is 0 Å². The third-order valence-corrected chi connectivity index (χ3v) is 11.8. The first kappa shape index (κ1) is 31.0. The fourth-order valence-corrected chi connectivity index (χ4v) is 9.12. The summed E-state index contributed by atoms with van der Waals surface area (Å²) in [5, 5.41) is 0. The average molecular weight is 631 g/mol. The smallest absolute Gasteiger partial charge is 0.0545 e. The highest BCUT2D eigenvalue weighted by atomic mass is 15.2. The number of hydrogen-bond donors (Lipinski definition) is 0. The van der Waals surface area contributed by atoms with Crippen molar-refractivity contribution in [2.75, 3.05) is 9.80 Å². The summed E-state index contributed by atoms with van der Waals surface area (Å²) in [6.45, 7) is 28.2. The topological polar surface area (TPSA) is 6.48 Å². The number of aryl methyl sites for hydroxylation is 3. The molecular weight excluding hydrogens is 581 g/mol. The van der Waals surface area contributed by atoms with Crippen molar-refractivity contribution in [2.45, 2.75) is 105 Å². The Labute approximate surface area is 288 Å². The fourth-order valence-electron chi connectivity index (χ4n) is 9.12. The van der Waals surface area contributed by atoms with Gasteiger partial charge in [0.1, 0.15) is 0 Å². The molecule has 3 aliphatic rings. The van der Waals surface area contributed by atoms with E-state index in [4.69, 9.17) is 0 Å². The summed E-state index contributed by atoms with van der Waals surface area (Å²) in [5.41, 5.74) is 21.1. The van der Waals surface area contributed by atoms with E-state index in [1.165, 1.54) is 89.8 Å². The highest BCUT2D eigenvalue weighted by Crippen LogP contribution is 2.66. The monoisotopic (exact) mass is 630 g/mol. The second-order valence-electron chi connectivity index (χ2n) is 17.5. The highest BCUT2D eigenvalue weighted by molar-refractivity contribution is 5.99. The Bertz CT molecular complexity index is 2150. The molecule has 0 aromatic heterocycles. The molecule has 5 aromatic carbocycles. The van der Waals surface area contributed by atoms with Gasteiger partial charge in [-0.15, -0.1) is 0 Å². The number of benzene rings is 5. The molecule has 8 rings (SSSR count). The van der Waals surface area contributed by atoms with Gasteiger partial charge >= 0.3 is 0 Å². The molecule has 3 heterocycles. The molecule has 0 radical (unpaired) electrons. The van der Waals surface area contributed by atoms with Crippen molar-refractivity contribution in [2.24, 2.45) is 0 Å². The molecule has 2 heteroatoms. The molecule has 0 fully saturated rings. The number of hydrogen-bond acceptors (Lipinski definition) is 2. The normalized spacial score (nSPS) is 17.2. The minimum absolute atomic E-state index is 0.0902. The van der Waals surface area contributed by atoms with Crippen LogP contribution in [0.1, 0.15) is 118 Å². The van der Waals surface area contributed by atoms with Crippen molar-refractivity contribution in [3.8, 4) is 0 Å². The summed E-state index contributed by atoms with van der Waals surface area (Å²) in [5.74, 6) is 0. The third-order valence-electron chi connectivity index (χ3n) is 11.8. The number of para-hydroxylation sites is 1. The molecule has 0 amide bonds. The van der Waals surface area contributed by atoms with Crippen molar-refractivity contribution in [3.63, 3.8) is 0 Å². The molecule has 0 saturated heterocycles. The first-order valence-electron chi connectivity index (χ1n) is 17.7. The zero-order valence-electron chi connectivity index (χ0n) is 31.0. The lowest BCUT2D eigenvalue weighted by Gasteiger charge is -2.55. The van der Waals surface area contributed by atoms with Crippen molar-refractivity contribution < 1.29 is 0 Å². The third kappa shape index (κ3) is 4.11. The van der Waals surface area contributed by atoms with Gasteiger partial charge in [0.05, 0.1) is 17.1 Å². The molecule has 0 bridgehead atoms. The lowest BCUT2D eigenvalue weighted by Crippen LogP contribution is -2.43. The van der Waals surface area contributed by atoms with Crippen LogP contribution in [0, 0.1) is 20.8 Å². The molecule has 0 unspecified atom stereocenters. The predicted molar refractivity (Wildman–Crippen MR) is 205 cm³/mol. The Kier molecular flexibility index (Phi) is 6.23. The molecular formula is C46H50N2. The Balaban J connectivity index is 1.47. The van der Waals surface area contributed by atoms with Gasteiger partial charge in [-0.2, -0.15) is 0 Å². The molecule has 0 aliphatic carbocycles. The molecule has 2 nitrogen and oxygen atoms in total. The van der Waals surface area contributed by atoms with Gasteiger partial charge in [0.2, 0.25) is 0 Å². The molecule has 0 atom stereocenters. The number of nitrogens with zero attached hydrogens (tertiary/aromatic N) is 2. The first-order valence-corrected chi connectivity index (χ1v) is 17.7. The summed E-state index contributed by atoms with van der Waals surface area (Å²) in [4.78, 5) is 5.17. The van der Waals surface area contributed by atoms with Gasteiger partial charge in [-0.3, -0.25) is 0 Å². The van der Waals surface area contributed by atoms with Crippen LogP contribution in [0.25, 0.3) is 0 Å². The Morgan fingerprint density at radius 1 is 0.458 bits per heavy atom. The second-order valence-corrected chi connectivity index (χ2v) is 17.5. The van der Waals surface area contributed by atoms with E-state index < -0.39 is 0 Å². The van der Waals surface area contributed by atoms with Gasteiger partial charge < -0.3 is 9.80 Å². The lowest BCUT2D eigenvalue weighted by molar-refractivity contribution is 0.566. The van der Waals surface area contributed by atoms with Crippen LogP contribution in [0.4, 0.5) is 34.1 Å². The van der Waals surface area contributed by atoms with Crippen molar-refractivity contribution in [1.29, 1.82) is 0 Å². The Hall–Kier alpha value is -4.30. The van der Waals surface area contributed by atoms with Gasteiger partial charge in [-0.05, 0) is 113 Å². The quantitative estimate of drug-likeness (QED) is 0.196. The van der Waals surface area contributed by atoms with E-state index >= 15 is 0 Å². The summed E-state index contributed by atoms with van der Waals surface area (Å²) in [6, 6.07) is 33.2. The average Bonchev–Trinajstić information content (AvgIpc) is 2.99. The van der Waals surface area contributed by atoms with Crippen molar-refractivity contribution in [3.05, 3.63) is 141 Å². The van der Waals surface area contributed by atoms with Gasteiger partial charge in [-0.25, -0.2) is 0 Å². The maximum absolute atomic E-state index is 2.67. The van der Waals surface area contributed by atoms with Crippen LogP contribution < -0.4 is 9.80 Å². The zero-order valence-corrected chi connectivity index (χ0v) is 31.0. The highest BCUT2D eigenvalue weighted by Gasteiger charge is 2.52. The van der Waals surface area contributed by atoms with Crippen LogP contribution in [0.2, 0.25) is 0 Å². The molecule has 3 aliphatic heterocycles. The van der Waals surface area contributed by atoms with Crippen LogP contribution in [0.15, 0.2) is 84.9 Å². The van der Waals surface area contributed by atoms with Crippen LogP contribution in [0.3, 0.4) is 0 Å². The van der Waals surface area contributed by atoms with Crippen LogP contribution >= 0.6 is 0 Å². The van der Waals surface area contributed by atoms with E-state index in [0.717, 1.165) is 0 Å². The Morgan fingerprint density at radius 3 is 1.33 bits per heavy atom. The molecule has 5 aromatic rings. The number of anilines is 6. The standard InChI is InChI=1S/C46H50N2/c1-27-20-28(2)22-32(21-27)47(31-18-16-30(17-19-31)43(4,5)6)33-25-38-42-39(26-33)46(11,12)37-24-29(3)23-36-41(37)48(42)40-34(44(36,7)8)14-13-15-35(40)45(38,9)10/h13-26H,1-12H3. The second kappa shape index (κ2) is 9.65. The van der Waals surface area contributed by atoms with E-state index in [2.05, 4.69) is 178 Å². The molecule has 0 N–H and O–H groups in total. The molecule has 0 spiro atoms. The zero-order chi connectivity index (χ0) is 34.3. The minimum Gasteiger partial charge on any atom is -0.310 e. The van der Waals surface area contributed by atoms with Crippen molar-refractivity contribution >= 4 is 34.1 Å². The lowest BCUT2D eigenvalue weighted by atomic mass is 9.60. The van der Waals surface area contributed by atoms with Crippen LogP contribution in [-0.2, 0) is 21.7 Å². The first-order chi connectivity index (χ1) is 22.4.